The zero-order valence-corrected chi connectivity index (χ0v) is 20.8. The average Bonchev–Trinajstić information content (AvgIpc) is 3.46. The van der Waals surface area contributed by atoms with Crippen LogP contribution in [-0.4, -0.2) is 66.7 Å². The molecule has 1 saturated heterocycles. The maximum Gasteiger partial charge on any atom is 0.233 e. The van der Waals surface area contributed by atoms with E-state index in [1.165, 1.54) is 29.2 Å². The van der Waals surface area contributed by atoms with Crippen LogP contribution >= 0.6 is 24.0 Å². The lowest BCUT2D eigenvalue weighted by atomic mass is 9.85. The van der Waals surface area contributed by atoms with Gasteiger partial charge in [0.05, 0.1) is 18.4 Å². The number of imide groups is 1. The van der Waals surface area contributed by atoms with E-state index in [1.54, 1.807) is 0 Å². The fourth-order valence-corrected chi connectivity index (χ4v) is 4.78. The SMILES string of the molecule is CCNC(=NCC(O)COc1ccc(F)cc1)NCCN1C(=O)C2C3C=CC(C3)C2C1=O.I. The Morgan fingerprint density at radius 2 is 1.82 bits per heavy atom. The monoisotopic (exact) mass is 572 g/mol. The summed E-state index contributed by atoms with van der Waals surface area (Å²) >= 11 is 0. The van der Waals surface area contributed by atoms with Crippen molar-refractivity contribution in [2.24, 2.45) is 28.7 Å². The predicted molar refractivity (Wildman–Crippen MR) is 132 cm³/mol. The van der Waals surface area contributed by atoms with Crippen LogP contribution in [0.5, 0.6) is 5.75 Å². The number of aliphatic imine (C=N–C) groups is 1. The highest BCUT2D eigenvalue weighted by atomic mass is 127. The Morgan fingerprint density at radius 1 is 1.18 bits per heavy atom. The first-order valence-corrected chi connectivity index (χ1v) is 11.1. The molecule has 10 heteroatoms. The Balaban J connectivity index is 0.00000306. The van der Waals surface area contributed by atoms with Gasteiger partial charge in [0.15, 0.2) is 5.96 Å². The normalized spacial score (nSPS) is 26.3. The van der Waals surface area contributed by atoms with Crippen LogP contribution in [0.1, 0.15) is 13.3 Å². The molecule has 1 heterocycles. The molecule has 1 saturated carbocycles. The van der Waals surface area contributed by atoms with Gasteiger partial charge in [-0.1, -0.05) is 12.2 Å². The minimum atomic E-state index is -0.848. The standard InChI is InChI=1S/C23H29FN4O4.HI/c1-2-25-23(27-12-17(29)13-32-18-7-5-16(24)6-8-18)26-9-10-28-21(30)19-14-3-4-15(11-14)20(19)22(28)31;/h3-8,14-15,17,19-20,29H,2,9-13H2,1H3,(H2,25,26,27);1H. The van der Waals surface area contributed by atoms with E-state index in [2.05, 4.69) is 27.8 Å². The van der Waals surface area contributed by atoms with Gasteiger partial charge in [-0.2, -0.15) is 0 Å². The Morgan fingerprint density at radius 3 is 2.42 bits per heavy atom. The first-order valence-electron chi connectivity index (χ1n) is 11.1. The molecule has 3 aliphatic rings. The number of allylic oxidation sites excluding steroid dienone is 2. The van der Waals surface area contributed by atoms with Crippen LogP contribution in [0, 0.1) is 29.5 Å². The number of rotatable bonds is 9. The van der Waals surface area contributed by atoms with Crippen molar-refractivity contribution in [3.8, 4) is 5.75 Å². The predicted octanol–water partition coefficient (Wildman–Crippen LogP) is 1.55. The number of nitrogens with zero attached hydrogens (tertiary/aromatic N) is 2. The number of benzene rings is 1. The number of amides is 2. The van der Waals surface area contributed by atoms with E-state index in [0.717, 1.165) is 6.42 Å². The second-order valence-corrected chi connectivity index (χ2v) is 8.39. The largest absolute Gasteiger partial charge is 0.491 e. The molecule has 4 rings (SSSR count). The minimum Gasteiger partial charge on any atom is -0.491 e. The summed E-state index contributed by atoms with van der Waals surface area (Å²) in [5, 5.41) is 16.3. The highest BCUT2D eigenvalue weighted by molar-refractivity contribution is 14.0. The highest BCUT2D eigenvalue weighted by Gasteiger charge is 2.58. The van der Waals surface area contributed by atoms with Gasteiger partial charge < -0.3 is 20.5 Å². The van der Waals surface area contributed by atoms with Gasteiger partial charge in [-0.15, -0.1) is 24.0 Å². The van der Waals surface area contributed by atoms with Gasteiger partial charge in [-0.3, -0.25) is 19.5 Å². The molecule has 1 aromatic rings. The van der Waals surface area contributed by atoms with Gasteiger partial charge >= 0.3 is 0 Å². The number of nitrogens with one attached hydrogen (secondary N) is 2. The van der Waals surface area contributed by atoms with Gasteiger partial charge in [0, 0.05) is 19.6 Å². The van der Waals surface area contributed by atoms with Crippen LogP contribution in [0.3, 0.4) is 0 Å². The average molecular weight is 572 g/mol. The minimum absolute atomic E-state index is 0. The first kappa shape index (κ1) is 25.4. The van der Waals surface area contributed by atoms with Crippen molar-refractivity contribution >= 4 is 41.8 Å². The van der Waals surface area contributed by atoms with Crippen molar-refractivity contribution in [2.45, 2.75) is 19.4 Å². The highest BCUT2D eigenvalue weighted by Crippen LogP contribution is 2.52. The topological polar surface area (TPSA) is 103 Å². The second-order valence-electron chi connectivity index (χ2n) is 8.39. The molecule has 2 amide bonds. The molecule has 2 fully saturated rings. The van der Waals surface area contributed by atoms with Crippen LogP contribution in [0.2, 0.25) is 0 Å². The molecule has 0 radical (unpaired) electrons. The number of fused-ring (bicyclic) bond motifs is 5. The number of likely N-dealkylation sites (tertiary alicyclic amines) is 1. The fourth-order valence-electron chi connectivity index (χ4n) is 4.78. The molecular formula is C23H30FIN4O4. The van der Waals surface area contributed by atoms with E-state index in [9.17, 15) is 19.1 Å². The molecule has 1 aliphatic heterocycles. The number of ether oxygens (including phenoxy) is 1. The zero-order chi connectivity index (χ0) is 22.7. The summed E-state index contributed by atoms with van der Waals surface area (Å²) in [5.74, 6) is 0.513. The summed E-state index contributed by atoms with van der Waals surface area (Å²) in [6, 6.07) is 5.57. The molecule has 33 heavy (non-hydrogen) atoms. The van der Waals surface area contributed by atoms with Crippen LogP contribution in [0.25, 0.3) is 0 Å². The maximum atomic E-state index is 12.9. The van der Waals surface area contributed by atoms with Crippen molar-refractivity contribution in [2.75, 3.05) is 32.8 Å². The van der Waals surface area contributed by atoms with Crippen LogP contribution in [-0.2, 0) is 9.59 Å². The molecule has 5 unspecified atom stereocenters. The fraction of sp³-hybridized carbons (Fsp3) is 0.522. The Kier molecular flexibility index (Phi) is 8.69. The lowest BCUT2D eigenvalue weighted by molar-refractivity contribution is -0.140. The van der Waals surface area contributed by atoms with Gasteiger partial charge in [0.2, 0.25) is 11.8 Å². The van der Waals surface area contributed by atoms with E-state index in [1.807, 2.05) is 6.92 Å². The van der Waals surface area contributed by atoms with Crippen molar-refractivity contribution in [3.05, 3.63) is 42.2 Å². The third-order valence-electron chi connectivity index (χ3n) is 6.25. The second kappa shape index (κ2) is 11.3. The van der Waals surface area contributed by atoms with Gasteiger partial charge in [-0.05, 0) is 49.4 Å². The number of aliphatic hydroxyl groups is 1. The van der Waals surface area contributed by atoms with E-state index in [-0.39, 0.29) is 85.0 Å². The van der Waals surface area contributed by atoms with Crippen LogP contribution in [0.4, 0.5) is 4.39 Å². The Hall–Kier alpha value is -2.21. The molecular weight excluding hydrogens is 542 g/mol. The quantitative estimate of drug-likeness (QED) is 0.137. The van der Waals surface area contributed by atoms with Gasteiger partial charge in [-0.25, -0.2) is 4.39 Å². The van der Waals surface area contributed by atoms with Gasteiger partial charge in [0.25, 0.3) is 0 Å². The molecule has 5 atom stereocenters. The lowest BCUT2D eigenvalue weighted by Crippen LogP contribution is -2.44. The molecule has 1 aromatic carbocycles. The Labute approximate surface area is 209 Å². The molecule has 8 nitrogen and oxygen atoms in total. The summed E-state index contributed by atoms with van der Waals surface area (Å²) in [4.78, 5) is 31.2. The maximum absolute atomic E-state index is 12.9. The molecule has 2 aliphatic carbocycles. The number of aliphatic hydroxyl groups excluding tert-OH is 1. The zero-order valence-electron chi connectivity index (χ0n) is 18.4. The van der Waals surface area contributed by atoms with Crippen molar-refractivity contribution < 1.29 is 23.8 Å². The van der Waals surface area contributed by atoms with E-state index >= 15 is 0 Å². The van der Waals surface area contributed by atoms with Crippen molar-refractivity contribution in [3.63, 3.8) is 0 Å². The number of hydrogen-bond acceptors (Lipinski definition) is 5. The number of guanidine groups is 1. The van der Waals surface area contributed by atoms with E-state index < -0.39 is 6.10 Å². The summed E-state index contributed by atoms with van der Waals surface area (Å²) in [5.41, 5.74) is 0. The van der Waals surface area contributed by atoms with E-state index in [0.29, 0.717) is 24.8 Å². The summed E-state index contributed by atoms with van der Waals surface area (Å²) in [6.45, 7) is 3.30. The third-order valence-corrected chi connectivity index (χ3v) is 6.25. The molecule has 3 N–H and O–H groups in total. The molecule has 0 aromatic heterocycles. The number of carbonyl (C=O) groups is 2. The smallest absolute Gasteiger partial charge is 0.233 e. The summed E-state index contributed by atoms with van der Waals surface area (Å²) < 4.78 is 18.4. The van der Waals surface area contributed by atoms with Crippen molar-refractivity contribution in [1.82, 2.24) is 15.5 Å². The molecule has 2 bridgehead atoms. The van der Waals surface area contributed by atoms with E-state index in [4.69, 9.17) is 4.74 Å². The number of halogens is 2. The summed E-state index contributed by atoms with van der Waals surface area (Å²) in [7, 11) is 0. The summed E-state index contributed by atoms with van der Waals surface area (Å²) in [6.07, 6.45) is 4.24. The lowest BCUT2D eigenvalue weighted by Gasteiger charge is -2.19. The van der Waals surface area contributed by atoms with Crippen LogP contribution < -0.4 is 15.4 Å². The molecule has 0 spiro atoms. The van der Waals surface area contributed by atoms with Gasteiger partial charge in [0.1, 0.15) is 24.3 Å². The van der Waals surface area contributed by atoms with Crippen molar-refractivity contribution in [1.29, 1.82) is 0 Å². The Bertz CT molecular complexity index is 880. The number of carbonyl (C=O) groups excluding carboxylic acids is 2. The molecule has 180 valence electrons. The third kappa shape index (κ3) is 5.65. The first-order chi connectivity index (χ1) is 15.5. The number of hydrogen-bond donors (Lipinski definition) is 3. The van der Waals surface area contributed by atoms with Crippen LogP contribution in [0.15, 0.2) is 41.4 Å².